The van der Waals surface area contributed by atoms with Gasteiger partial charge in [0.05, 0.1) is 6.61 Å². The van der Waals surface area contributed by atoms with E-state index in [1.165, 1.54) is 29.8 Å². The van der Waals surface area contributed by atoms with Gasteiger partial charge in [0.1, 0.15) is 10.6 Å². The highest BCUT2D eigenvalue weighted by molar-refractivity contribution is 9.10. The maximum atomic E-state index is 13.6. The van der Waals surface area contributed by atoms with Gasteiger partial charge < -0.3 is 10.1 Å². The molecular formula is C17H11BrF7NO3S. The molecular weight excluding hydrogens is 511 g/mol. The predicted molar refractivity (Wildman–Crippen MR) is 98.0 cm³/mol. The Morgan fingerprint density at radius 1 is 1.07 bits per heavy atom. The second-order valence-electron chi connectivity index (χ2n) is 5.68. The van der Waals surface area contributed by atoms with E-state index in [1.807, 2.05) is 0 Å². The maximum Gasteiger partial charge on any atom is 0.460 e. The van der Waals surface area contributed by atoms with Crippen LogP contribution in [0.25, 0.3) is 11.1 Å². The van der Waals surface area contributed by atoms with Crippen molar-refractivity contribution in [1.82, 2.24) is 0 Å². The Kier molecular flexibility index (Phi) is 6.86. The number of anilines is 1. The second kappa shape index (κ2) is 8.53. The van der Waals surface area contributed by atoms with E-state index in [4.69, 9.17) is 4.74 Å². The number of hydrogen-bond donors (Lipinski definition) is 1. The van der Waals surface area contributed by atoms with Crippen LogP contribution in [0.5, 0.6) is 0 Å². The Bertz CT molecular complexity index is 942. The van der Waals surface area contributed by atoms with Crippen LogP contribution >= 0.6 is 27.3 Å². The van der Waals surface area contributed by atoms with Crippen LogP contribution in [0.4, 0.5) is 35.7 Å². The standard InChI is InChI=1S/C17H11BrF7NO3S/c1-2-29-13(27)11-10(8-3-5-9(18)6-4-8)7-30-12(11)26-14(28)15(19,20)16(21,22)17(23,24)25/h3-7H,2H2,1H3,(H,26,28). The molecule has 0 atom stereocenters. The number of halogens is 8. The molecule has 1 N–H and O–H groups in total. The van der Waals surface area contributed by atoms with E-state index in [-0.39, 0.29) is 12.2 Å². The van der Waals surface area contributed by atoms with Gasteiger partial charge in [0.15, 0.2) is 0 Å². The van der Waals surface area contributed by atoms with Crippen LogP contribution in [0.2, 0.25) is 0 Å². The molecule has 0 unspecified atom stereocenters. The van der Waals surface area contributed by atoms with Crippen LogP contribution in [0.1, 0.15) is 17.3 Å². The zero-order valence-electron chi connectivity index (χ0n) is 14.8. The molecule has 1 amide bonds. The quantitative estimate of drug-likeness (QED) is 0.367. The molecule has 0 aliphatic carbocycles. The third-order valence-electron chi connectivity index (χ3n) is 3.69. The molecule has 0 spiro atoms. The Morgan fingerprint density at radius 2 is 1.63 bits per heavy atom. The van der Waals surface area contributed by atoms with Gasteiger partial charge in [-0.2, -0.15) is 30.7 Å². The highest BCUT2D eigenvalue weighted by Gasteiger charge is 2.76. The Hall–Kier alpha value is -2.15. The number of carbonyl (C=O) groups is 2. The minimum Gasteiger partial charge on any atom is -0.462 e. The van der Waals surface area contributed by atoms with Crippen LogP contribution in [0.15, 0.2) is 34.1 Å². The lowest BCUT2D eigenvalue weighted by Gasteiger charge is -2.26. The largest absolute Gasteiger partial charge is 0.462 e. The van der Waals surface area contributed by atoms with Gasteiger partial charge in [-0.05, 0) is 24.6 Å². The van der Waals surface area contributed by atoms with Crippen LogP contribution in [-0.4, -0.2) is 36.5 Å². The minimum absolute atomic E-state index is 0.104. The Labute approximate surface area is 177 Å². The van der Waals surface area contributed by atoms with E-state index in [0.717, 1.165) is 0 Å². The molecule has 0 radical (unpaired) electrons. The predicted octanol–water partition coefficient (Wildman–Crippen LogP) is 6.13. The average Bonchev–Trinajstić information content (AvgIpc) is 3.05. The molecule has 0 bridgehead atoms. The number of alkyl halides is 7. The van der Waals surface area contributed by atoms with Crippen molar-refractivity contribution in [2.45, 2.75) is 24.9 Å². The number of rotatable bonds is 6. The number of hydrogen-bond acceptors (Lipinski definition) is 4. The first-order chi connectivity index (χ1) is 13.7. The smallest absolute Gasteiger partial charge is 0.460 e. The summed E-state index contributed by atoms with van der Waals surface area (Å²) in [4.78, 5) is 23.9. The maximum absolute atomic E-state index is 13.6. The molecule has 4 nitrogen and oxygen atoms in total. The average molecular weight is 522 g/mol. The third-order valence-corrected chi connectivity index (χ3v) is 5.11. The van der Waals surface area contributed by atoms with Crippen molar-refractivity contribution >= 4 is 44.1 Å². The first-order valence-corrected chi connectivity index (χ1v) is 9.59. The molecule has 2 rings (SSSR count). The van der Waals surface area contributed by atoms with E-state index in [2.05, 4.69) is 15.9 Å². The van der Waals surface area contributed by atoms with E-state index in [0.29, 0.717) is 21.4 Å². The van der Waals surface area contributed by atoms with E-state index in [9.17, 15) is 40.3 Å². The summed E-state index contributed by atoms with van der Waals surface area (Å²) in [6.45, 7) is 1.28. The van der Waals surface area contributed by atoms with E-state index in [1.54, 1.807) is 12.1 Å². The molecule has 0 aliphatic rings. The van der Waals surface area contributed by atoms with Crippen molar-refractivity contribution in [2.75, 3.05) is 11.9 Å². The summed E-state index contributed by atoms with van der Waals surface area (Å²) < 4.78 is 95.9. The van der Waals surface area contributed by atoms with Gasteiger partial charge in [0.2, 0.25) is 0 Å². The van der Waals surface area contributed by atoms with Gasteiger partial charge in [0, 0.05) is 15.4 Å². The normalized spacial score (nSPS) is 12.6. The molecule has 164 valence electrons. The zero-order valence-corrected chi connectivity index (χ0v) is 17.2. The Morgan fingerprint density at radius 3 is 2.13 bits per heavy atom. The number of carbonyl (C=O) groups excluding carboxylic acids is 2. The van der Waals surface area contributed by atoms with Crippen molar-refractivity contribution in [1.29, 1.82) is 0 Å². The fourth-order valence-corrected chi connectivity index (χ4v) is 3.42. The van der Waals surface area contributed by atoms with Gasteiger partial charge in [0.25, 0.3) is 0 Å². The van der Waals surface area contributed by atoms with Crippen LogP contribution in [0.3, 0.4) is 0 Å². The van der Waals surface area contributed by atoms with Crippen LogP contribution in [0, 0.1) is 0 Å². The fraction of sp³-hybridized carbons (Fsp3) is 0.294. The molecule has 1 heterocycles. The van der Waals surface area contributed by atoms with Gasteiger partial charge in [-0.1, -0.05) is 28.1 Å². The molecule has 0 saturated heterocycles. The van der Waals surface area contributed by atoms with Crippen molar-refractivity contribution < 1.29 is 45.1 Å². The lowest BCUT2D eigenvalue weighted by molar-refractivity contribution is -0.343. The lowest BCUT2D eigenvalue weighted by Crippen LogP contribution is -2.57. The molecule has 30 heavy (non-hydrogen) atoms. The topological polar surface area (TPSA) is 55.4 Å². The molecule has 0 fully saturated rings. The SMILES string of the molecule is CCOC(=O)c1c(-c2ccc(Br)cc2)csc1NC(=O)C(F)(F)C(F)(F)C(F)(F)F. The lowest BCUT2D eigenvalue weighted by atomic mass is 10.0. The number of nitrogens with one attached hydrogen (secondary N) is 1. The third kappa shape index (κ3) is 4.46. The van der Waals surface area contributed by atoms with E-state index >= 15 is 0 Å². The summed E-state index contributed by atoms with van der Waals surface area (Å²) in [5.74, 6) is -16.8. The Balaban J connectivity index is 2.48. The summed E-state index contributed by atoms with van der Waals surface area (Å²) >= 11 is 3.68. The number of thiophene rings is 1. The number of ether oxygens (including phenoxy) is 1. The van der Waals surface area contributed by atoms with Gasteiger partial charge in [-0.15, -0.1) is 11.3 Å². The second-order valence-corrected chi connectivity index (χ2v) is 7.48. The van der Waals surface area contributed by atoms with Crippen molar-refractivity contribution in [2.24, 2.45) is 0 Å². The minimum atomic E-state index is -6.67. The summed E-state index contributed by atoms with van der Waals surface area (Å²) in [6.07, 6.45) is -6.67. The highest BCUT2D eigenvalue weighted by atomic mass is 79.9. The van der Waals surface area contributed by atoms with Gasteiger partial charge in [-0.25, -0.2) is 4.79 Å². The first-order valence-electron chi connectivity index (χ1n) is 7.92. The fourth-order valence-electron chi connectivity index (χ4n) is 2.20. The molecule has 1 aromatic heterocycles. The molecule has 0 aliphatic heterocycles. The number of amides is 1. The highest BCUT2D eigenvalue weighted by Crippen LogP contribution is 2.47. The molecule has 0 saturated carbocycles. The molecule has 2 aromatic rings. The van der Waals surface area contributed by atoms with E-state index < -0.39 is 40.5 Å². The van der Waals surface area contributed by atoms with Crippen molar-refractivity contribution in [3.8, 4) is 11.1 Å². The molecule has 1 aromatic carbocycles. The zero-order chi connectivity index (χ0) is 22.9. The van der Waals surface area contributed by atoms with Crippen LogP contribution in [-0.2, 0) is 9.53 Å². The van der Waals surface area contributed by atoms with Crippen molar-refractivity contribution in [3.05, 3.63) is 39.7 Å². The summed E-state index contributed by atoms with van der Waals surface area (Å²) in [6, 6.07) is 6.20. The first kappa shape index (κ1) is 24.1. The van der Waals surface area contributed by atoms with Gasteiger partial charge in [-0.3, -0.25) is 4.79 Å². The summed E-state index contributed by atoms with van der Waals surface area (Å²) in [5, 5.41) is 1.89. The number of esters is 1. The molecule has 13 heteroatoms. The summed E-state index contributed by atoms with van der Waals surface area (Å²) in [7, 11) is 0. The van der Waals surface area contributed by atoms with Gasteiger partial charge >= 0.3 is 29.9 Å². The monoisotopic (exact) mass is 521 g/mol. The number of benzene rings is 1. The van der Waals surface area contributed by atoms with Crippen LogP contribution < -0.4 is 5.32 Å². The summed E-state index contributed by atoms with van der Waals surface area (Å²) in [5.41, 5.74) is 0.0289. The van der Waals surface area contributed by atoms with Crippen molar-refractivity contribution in [3.63, 3.8) is 0 Å².